The fourth-order valence-corrected chi connectivity index (χ4v) is 5.78. The predicted octanol–water partition coefficient (Wildman–Crippen LogP) is 3.50. The molecule has 1 saturated heterocycles. The molecule has 6 rings (SSSR count). The van der Waals surface area contributed by atoms with E-state index in [1.807, 2.05) is 42.7 Å². The monoisotopic (exact) mass is 620 g/mol. The molecule has 4 aromatic rings. The van der Waals surface area contributed by atoms with Gasteiger partial charge in [0, 0.05) is 73.5 Å². The highest BCUT2D eigenvalue weighted by Crippen LogP contribution is 2.32. The number of amides is 2. The third-order valence-electron chi connectivity index (χ3n) is 7.65. The molecular formula is C30H30Cl2N8O3. The summed E-state index contributed by atoms with van der Waals surface area (Å²) in [6, 6.07) is 14.3. The van der Waals surface area contributed by atoms with E-state index < -0.39 is 11.9 Å². The number of fused-ring (bicyclic) bond motifs is 1. The lowest BCUT2D eigenvalue weighted by atomic mass is 10.1. The largest absolute Gasteiger partial charge is 0.489 e. The van der Waals surface area contributed by atoms with Gasteiger partial charge in [-0.25, -0.2) is 9.67 Å². The lowest BCUT2D eigenvalue weighted by Gasteiger charge is -2.36. The second-order valence-electron chi connectivity index (χ2n) is 10.5. The van der Waals surface area contributed by atoms with Crippen molar-refractivity contribution in [1.82, 2.24) is 30.0 Å². The van der Waals surface area contributed by atoms with Gasteiger partial charge >= 0.3 is 0 Å². The Bertz CT molecular complexity index is 1600. The molecule has 4 heterocycles. The number of anilines is 2. The Morgan fingerprint density at radius 3 is 2.51 bits per heavy atom. The molecule has 2 aliphatic rings. The van der Waals surface area contributed by atoms with Crippen molar-refractivity contribution in [3.63, 3.8) is 0 Å². The van der Waals surface area contributed by atoms with Crippen LogP contribution in [-0.2, 0) is 17.9 Å². The van der Waals surface area contributed by atoms with E-state index in [-0.39, 0.29) is 24.9 Å². The number of piperazine rings is 1. The van der Waals surface area contributed by atoms with Crippen molar-refractivity contribution in [3.05, 3.63) is 94.2 Å². The van der Waals surface area contributed by atoms with Crippen molar-refractivity contribution >= 4 is 46.4 Å². The summed E-state index contributed by atoms with van der Waals surface area (Å²) in [6.07, 6.45) is 5.05. The Labute approximate surface area is 259 Å². The van der Waals surface area contributed by atoms with Crippen LogP contribution in [0.25, 0.3) is 0 Å². The van der Waals surface area contributed by atoms with Gasteiger partial charge in [-0.05, 0) is 42.0 Å². The minimum atomic E-state index is -0.917. The van der Waals surface area contributed by atoms with Gasteiger partial charge in [0.2, 0.25) is 5.82 Å². The summed E-state index contributed by atoms with van der Waals surface area (Å²) in [6.45, 7) is 4.69. The van der Waals surface area contributed by atoms with E-state index >= 15 is 0 Å². The highest BCUT2D eigenvalue weighted by molar-refractivity contribution is 6.36. The van der Waals surface area contributed by atoms with Crippen molar-refractivity contribution in [2.24, 2.45) is 0 Å². The molecule has 2 amide bonds. The molecule has 0 radical (unpaired) electrons. The molecule has 11 nitrogen and oxygen atoms in total. The first kappa shape index (κ1) is 28.9. The average Bonchev–Trinajstić information content (AvgIpc) is 3.46. The van der Waals surface area contributed by atoms with Crippen molar-refractivity contribution < 1.29 is 14.3 Å². The van der Waals surface area contributed by atoms with Crippen molar-refractivity contribution in [1.29, 1.82) is 0 Å². The van der Waals surface area contributed by atoms with Crippen LogP contribution in [0.1, 0.15) is 21.7 Å². The van der Waals surface area contributed by atoms with Crippen LogP contribution in [0.2, 0.25) is 10.0 Å². The molecule has 1 fully saturated rings. The number of carbonyl (C=O) groups is 2. The Hall–Kier alpha value is -4.19. The van der Waals surface area contributed by atoms with E-state index in [1.165, 1.54) is 21.6 Å². The summed E-state index contributed by atoms with van der Waals surface area (Å²) in [7, 11) is 1.69. The molecule has 0 spiro atoms. The number of carbonyl (C=O) groups excluding carboxylic acids is 2. The van der Waals surface area contributed by atoms with Gasteiger partial charge in [-0.2, -0.15) is 0 Å². The number of hydrogen-bond donors (Lipinski definition) is 1. The van der Waals surface area contributed by atoms with Crippen molar-refractivity contribution in [2.75, 3.05) is 49.6 Å². The summed E-state index contributed by atoms with van der Waals surface area (Å²) in [5, 5.41) is 7.96. The van der Waals surface area contributed by atoms with E-state index in [0.717, 1.165) is 38.3 Å². The van der Waals surface area contributed by atoms with Crippen LogP contribution in [-0.4, -0.2) is 82.3 Å². The lowest BCUT2D eigenvalue weighted by Crippen LogP contribution is -2.49. The molecule has 0 saturated carbocycles. The summed E-state index contributed by atoms with van der Waals surface area (Å²) < 4.78 is 7.45. The molecule has 222 valence electrons. The minimum absolute atomic E-state index is 0.0197. The maximum atomic E-state index is 13.4. The molecule has 1 atom stereocenters. The molecule has 0 aliphatic carbocycles. The van der Waals surface area contributed by atoms with E-state index in [9.17, 15) is 9.59 Å². The number of benzene rings is 2. The SMILES string of the molecule is CN1C(=O)C(NC(=O)c2ncn(Cc3c(Cl)cccc3Cl)n2)COc2ccc(CN3CCN(c4ccncc4)CC3)cc21. The van der Waals surface area contributed by atoms with E-state index in [0.29, 0.717) is 27.0 Å². The van der Waals surface area contributed by atoms with Crippen molar-refractivity contribution in [3.8, 4) is 5.75 Å². The number of ether oxygens (including phenoxy) is 1. The standard InChI is InChI=1S/C30H30Cl2N8O3/c1-37-26-15-20(16-38-11-13-39(14-12-38)21-7-9-33-10-8-21)5-6-27(26)43-18-25(30(37)42)35-29(41)28-34-19-40(36-28)17-22-23(31)3-2-4-24(22)32/h2-10,15,19,25H,11-14,16-18H2,1H3,(H,35,41). The number of aromatic nitrogens is 4. The van der Waals surface area contributed by atoms with Crippen LogP contribution >= 0.6 is 23.2 Å². The van der Waals surface area contributed by atoms with Gasteiger partial charge in [0.05, 0.1) is 12.2 Å². The fraction of sp³-hybridized carbons (Fsp3) is 0.300. The number of nitrogens with one attached hydrogen (secondary N) is 1. The maximum Gasteiger partial charge on any atom is 0.291 e. The number of likely N-dealkylation sites (N-methyl/N-ethyl adjacent to an activating group) is 1. The molecular weight excluding hydrogens is 591 g/mol. The highest BCUT2D eigenvalue weighted by atomic mass is 35.5. The van der Waals surface area contributed by atoms with Crippen molar-refractivity contribution in [2.45, 2.75) is 19.1 Å². The third-order valence-corrected chi connectivity index (χ3v) is 8.36. The van der Waals surface area contributed by atoms with Gasteiger partial charge in [0.15, 0.2) is 0 Å². The van der Waals surface area contributed by atoms with Gasteiger partial charge in [0.25, 0.3) is 11.8 Å². The van der Waals surface area contributed by atoms with E-state index in [1.54, 1.807) is 25.2 Å². The Balaban J connectivity index is 1.07. The number of nitrogens with zero attached hydrogens (tertiary/aromatic N) is 7. The van der Waals surface area contributed by atoms with Gasteiger partial charge in [-0.3, -0.25) is 19.5 Å². The maximum absolute atomic E-state index is 13.4. The molecule has 1 N–H and O–H groups in total. The van der Waals surface area contributed by atoms with E-state index in [2.05, 4.69) is 30.2 Å². The average molecular weight is 622 g/mol. The van der Waals surface area contributed by atoms with Gasteiger partial charge < -0.3 is 19.9 Å². The lowest BCUT2D eigenvalue weighted by molar-refractivity contribution is -0.120. The molecule has 2 aliphatic heterocycles. The second-order valence-corrected chi connectivity index (χ2v) is 11.3. The van der Waals surface area contributed by atoms with Crippen LogP contribution < -0.4 is 19.9 Å². The number of hydrogen-bond acceptors (Lipinski definition) is 8. The summed E-state index contributed by atoms with van der Waals surface area (Å²) in [4.78, 5) is 40.9. The Morgan fingerprint density at radius 2 is 1.77 bits per heavy atom. The minimum Gasteiger partial charge on any atom is -0.489 e. The second kappa shape index (κ2) is 12.6. The quantitative estimate of drug-likeness (QED) is 0.334. The number of rotatable bonds is 7. The number of halogens is 2. The van der Waals surface area contributed by atoms with Crippen LogP contribution in [0.15, 0.2) is 67.3 Å². The molecule has 1 unspecified atom stereocenters. The molecule has 2 aromatic carbocycles. The topological polar surface area (TPSA) is 109 Å². The van der Waals surface area contributed by atoms with Gasteiger partial charge in [-0.15, -0.1) is 5.10 Å². The van der Waals surface area contributed by atoms with Crippen LogP contribution in [0.5, 0.6) is 5.75 Å². The summed E-state index contributed by atoms with van der Waals surface area (Å²) >= 11 is 12.5. The summed E-state index contributed by atoms with van der Waals surface area (Å²) in [5.74, 6) is -0.376. The zero-order valence-corrected chi connectivity index (χ0v) is 25.0. The molecule has 43 heavy (non-hydrogen) atoms. The zero-order valence-electron chi connectivity index (χ0n) is 23.5. The smallest absolute Gasteiger partial charge is 0.291 e. The first-order valence-electron chi connectivity index (χ1n) is 13.9. The first-order valence-corrected chi connectivity index (χ1v) is 14.6. The highest BCUT2D eigenvalue weighted by Gasteiger charge is 2.32. The molecule has 13 heteroatoms. The normalized spacial score (nSPS) is 17.3. The van der Waals surface area contributed by atoms with Crippen LogP contribution in [0.3, 0.4) is 0 Å². The molecule has 2 aromatic heterocycles. The first-order chi connectivity index (χ1) is 20.9. The Kier molecular flexibility index (Phi) is 8.46. The Morgan fingerprint density at radius 1 is 1.02 bits per heavy atom. The number of pyridine rings is 1. The predicted molar refractivity (Wildman–Crippen MR) is 164 cm³/mol. The van der Waals surface area contributed by atoms with E-state index in [4.69, 9.17) is 27.9 Å². The fourth-order valence-electron chi connectivity index (χ4n) is 5.27. The van der Waals surface area contributed by atoms with Gasteiger partial charge in [0.1, 0.15) is 24.7 Å². The van der Waals surface area contributed by atoms with Crippen LogP contribution in [0, 0.1) is 0 Å². The van der Waals surface area contributed by atoms with Crippen LogP contribution in [0.4, 0.5) is 11.4 Å². The summed E-state index contributed by atoms with van der Waals surface area (Å²) in [5.41, 5.74) is 3.59. The molecule has 0 bridgehead atoms. The zero-order chi connectivity index (χ0) is 29.9. The third kappa shape index (κ3) is 6.43. The van der Waals surface area contributed by atoms with Gasteiger partial charge in [-0.1, -0.05) is 35.3 Å².